The van der Waals surface area contributed by atoms with Crippen LogP contribution >= 0.6 is 11.8 Å². The van der Waals surface area contributed by atoms with E-state index >= 15 is 0 Å². The lowest BCUT2D eigenvalue weighted by molar-refractivity contribution is 0.146. The Bertz CT molecular complexity index is 64.7. The topological polar surface area (TPSA) is 40.5 Å². The fraction of sp³-hybridized carbons (Fsp3) is 1.00. The smallest absolute Gasteiger partial charge is 0.0771 e. The van der Waals surface area contributed by atoms with E-state index in [0.717, 1.165) is 5.75 Å². The highest BCUT2D eigenvalue weighted by Crippen LogP contribution is 2.27. The molecule has 1 saturated heterocycles. The van der Waals surface area contributed by atoms with Crippen molar-refractivity contribution in [3.05, 3.63) is 0 Å². The van der Waals surface area contributed by atoms with Gasteiger partial charge in [-0.1, -0.05) is 0 Å². The standard InChI is InChI=1S/C4H8O2S/c5-1-4-3(6)2-7-4/h3-6H,1-2H2/t3-,4-/m1/s1. The quantitative estimate of drug-likeness (QED) is 0.488. The first kappa shape index (κ1) is 5.41. The lowest BCUT2D eigenvalue weighted by Crippen LogP contribution is -2.38. The van der Waals surface area contributed by atoms with Crippen LogP contribution in [0, 0.1) is 0 Å². The summed E-state index contributed by atoms with van der Waals surface area (Å²) in [6, 6.07) is 0. The average molecular weight is 120 g/mol. The molecule has 1 aliphatic heterocycles. The van der Waals surface area contributed by atoms with Gasteiger partial charge in [0.2, 0.25) is 0 Å². The molecule has 3 heteroatoms. The zero-order valence-electron chi connectivity index (χ0n) is 3.87. The minimum Gasteiger partial charge on any atom is -0.395 e. The van der Waals surface area contributed by atoms with Gasteiger partial charge in [0.15, 0.2) is 0 Å². The SMILES string of the molecule is OC[C@H]1SC[C@H]1O. The molecule has 2 N–H and O–H groups in total. The number of aliphatic hydroxyl groups is 2. The van der Waals surface area contributed by atoms with Gasteiger partial charge in [0.1, 0.15) is 0 Å². The van der Waals surface area contributed by atoms with Crippen LogP contribution < -0.4 is 0 Å². The minimum absolute atomic E-state index is 0.111. The van der Waals surface area contributed by atoms with E-state index in [4.69, 9.17) is 10.2 Å². The van der Waals surface area contributed by atoms with Crippen LogP contribution in [0.3, 0.4) is 0 Å². The first-order valence-electron chi connectivity index (χ1n) is 2.25. The van der Waals surface area contributed by atoms with Gasteiger partial charge in [0.05, 0.1) is 18.0 Å². The molecule has 0 unspecified atom stereocenters. The molecule has 0 radical (unpaired) electrons. The molecule has 1 rings (SSSR count). The molecule has 0 saturated carbocycles. The molecule has 0 spiro atoms. The maximum Gasteiger partial charge on any atom is 0.0771 e. The van der Waals surface area contributed by atoms with E-state index in [1.54, 1.807) is 11.8 Å². The summed E-state index contributed by atoms with van der Waals surface area (Å²) >= 11 is 1.61. The van der Waals surface area contributed by atoms with Gasteiger partial charge in [-0.2, -0.15) is 11.8 Å². The van der Waals surface area contributed by atoms with Crippen molar-refractivity contribution in [3.63, 3.8) is 0 Å². The molecule has 1 fully saturated rings. The largest absolute Gasteiger partial charge is 0.395 e. The van der Waals surface area contributed by atoms with E-state index in [1.807, 2.05) is 0 Å². The van der Waals surface area contributed by atoms with E-state index in [9.17, 15) is 0 Å². The maximum absolute atomic E-state index is 8.73. The fourth-order valence-corrected chi connectivity index (χ4v) is 1.23. The van der Waals surface area contributed by atoms with E-state index in [2.05, 4.69) is 0 Å². The van der Waals surface area contributed by atoms with Gasteiger partial charge in [0.25, 0.3) is 0 Å². The van der Waals surface area contributed by atoms with Crippen molar-refractivity contribution in [3.8, 4) is 0 Å². The number of aliphatic hydroxyl groups excluding tert-OH is 2. The Hall–Kier alpha value is 0.270. The monoisotopic (exact) mass is 120 g/mol. The fourth-order valence-electron chi connectivity index (χ4n) is 0.493. The predicted molar refractivity (Wildman–Crippen MR) is 29.3 cm³/mol. The van der Waals surface area contributed by atoms with Crippen LogP contribution in [0.5, 0.6) is 0 Å². The molecule has 1 heterocycles. The second kappa shape index (κ2) is 2.03. The Morgan fingerprint density at radius 3 is 2.43 bits per heavy atom. The zero-order valence-corrected chi connectivity index (χ0v) is 4.69. The van der Waals surface area contributed by atoms with Crippen LogP contribution in [0.1, 0.15) is 0 Å². The summed E-state index contributed by atoms with van der Waals surface area (Å²) < 4.78 is 0. The third-order valence-corrected chi connectivity index (χ3v) is 2.52. The third-order valence-electron chi connectivity index (χ3n) is 1.09. The van der Waals surface area contributed by atoms with Crippen molar-refractivity contribution in [2.45, 2.75) is 11.4 Å². The number of thioether (sulfide) groups is 1. The number of rotatable bonds is 1. The van der Waals surface area contributed by atoms with Crippen LogP contribution in [0.25, 0.3) is 0 Å². The summed E-state index contributed by atoms with van der Waals surface area (Å²) in [5, 5.41) is 17.2. The van der Waals surface area contributed by atoms with E-state index in [1.165, 1.54) is 0 Å². The van der Waals surface area contributed by atoms with E-state index < -0.39 is 0 Å². The van der Waals surface area contributed by atoms with Crippen LogP contribution in [0.15, 0.2) is 0 Å². The van der Waals surface area contributed by atoms with Crippen molar-refractivity contribution in [2.24, 2.45) is 0 Å². The molecule has 0 aromatic carbocycles. The number of hydrogen-bond acceptors (Lipinski definition) is 3. The second-order valence-corrected chi connectivity index (χ2v) is 2.89. The molecular formula is C4H8O2S. The van der Waals surface area contributed by atoms with Crippen molar-refractivity contribution in [2.75, 3.05) is 12.4 Å². The molecule has 0 bridgehead atoms. The zero-order chi connectivity index (χ0) is 5.28. The lowest BCUT2D eigenvalue weighted by atomic mass is 10.3. The second-order valence-electron chi connectivity index (χ2n) is 1.62. The van der Waals surface area contributed by atoms with Gasteiger partial charge in [-0.25, -0.2) is 0 Å². The highest BCUT2D eigenvalue weighted by atomic mass is 32.2. The Morgan fingerprint density at radius 1 is 1.71 bits per heavy atom. The molecule has 0 amide bonds. The Morgan fingerprint density at radius 2 is 2.43 bits per heavy atom. The normalized spacial score (nSPS) is 40.3. The Labute approximate surface area is 46.5 Å². The Balaban J connectivity index is 2.16. The van der Waals surface area contributed by atoms with E-state index in [0.29, 0.717) is 0 Å². The van der Waals surface area contributed by atoms with Gasteiger partial charge in [-0.05, 0) is 0 Å². The summed E-state index contributed by atoms with van der Waals surface area (Å²) in [5.74, 6) is 0.797. The summed E-state index contributed by atoms with van der Waals surface area (Å²) in [5.41, 5.74) is 0. The van der Waals surface area contributed by atoms with Crippen molar-refractivity contribution >= 4 is 11.8 Å². The third kappa shape index (κ3) is 0.900. The molecule has 42 valence electrons. The molecule has 2 nitrogen and oxygen atoms in total. The van der Waals surface area contributed by atoms with Crippen LogP contribution in [0.4, 0.5) is 0 Å². The lowest BCUT2D eigenvalue weighted by Gasteiger charge is -2.29. The maximum atomic E-state index is 8.73. The minimum atomic E-state index is -0.241. The van der Waals surface area contributed by atoms with Crippen molar-refractivity contribution < 1.29 is 10.2 Å². The summed E-state index contributed by atoms with van der Waals surface area (Å²) in [7, 11) is 0. The number of hydrogen-bond donors (Lipinski definition) is 2. The van der Waals surface area contributed by atoms with Gasteiger partial charge in [-0.15, -0.1) is 0 Å². The molecule has 7 heavy (non-hydrogen) atoms. The molecule has 0 aromatic rings. The molecule has 1 aliphatic rings. The van der Waals surface area contributed by atoms with E-state index in [-0.39, 0.29) is 18.0 Å². The highest BCUT2D eigenvalue weighted by Gasteiger charge is 2.28. The summed E-state index contributed by atoms with van der Waals surface area (Å²) in [6.45, 7) is 0.117. The average Bonchev–Trinajstić information content (AvgIpc) is 1.65. The van der Waals surface area contributed by atoms with Crippen LogP contribution in [-0.4, -0.2) is 33.9 Å². The molecular weight excluding hydrogens is 112 g/mol. The Kier molecular flexibility index (Phi) is 1.57. The van der Waals surface area contributed by atoms with Gasteiger partial charge in [-0.3, -0.25) is 0 Å². The highest BCUT2D eigenvalue weighted by molar-refractivity contribution is 8.01. The van der Waals surface area contributed by atoms with Gasteiger partial charge in [0, 0.05) is 5.75 Å². The predicted octanol–water partition coefficient (Wildman–Crippen LogP) is -0.545. The van der Waals surface area contributed by atoms with Gasteiger partial charge < -0.3 is 10.2 Å². The molecule has 0 aliphatic carbocycles. The summed E-state index contributed by atoms with van der Waals surface area (Å²) in [6.07, 6.45) is -0.241. The van der Waals surface area contributed by atoms with Crippen LogP contribution in [-0.2, 0) is 0 Å². The first-order chi connectivity index (χ1) is 3.34. The first-order valence-corrected chi connectivity index (χ1v) is 3.30. The van der Waals surface area contributed by atoms with Crippen molar-refractivity contribution in [1.82, 2.24) is 0 Å². The van der Waals surface area contributed by atoms with Gasteiger partial charge >= 0.3 is 0 Å². The van der Waals surface area contributed by atoms with Crippen LogP contribution in [0.2, 0.25) is 0 Å². The molecule has 2 atom stereocenters. The summed E-state index contributed by atoms with van der Waals surface area (Å²) in [4.78, 5) is 0. The molecule has 0 aromatic heterocycles. The van der Waals surface area contributed by atoms with Crippen molar-refractivity contribution in [1.29, 1.82) is 0 Å².